The molecule has 0 aliphatic carbocycles. The number of benzene rings is 1. The van der Waals surface area contributed by atoms with Gasteiger partial charge in [0.1, 0.15) is 11.9 Å². The highest BCUT2D eigenvalue weighted by molar-refractivity contribution is 5.98. The summed E-state index contributed by atoms with van der Waals surface area (Å²) >= 11 is 0. The summed E-state index contributed by atoms with van der Waals surface area (Å²) in [5.41, 5.74) is 0.506. The van der Waals surface area contributed by atoms with Gasteiger partial charge in [-0.1, -0.05) is 0 Å². The molecule has 3 heterocycles. The zero-order valence-corrected chi connectivity index (χ0v) is 15.6. The summed E-state index contributed by atoms with van der Waals surface area (Å²) in [6, 6.07) is 4.90. The van der Waals surface area contributed by atoms with Gasteiger partial charge >= 0.3 is 6.18 Å². The van der Waals surface area contributed by atoms with Crippen molar-refractivity contribution in [1.29, 1.82) is 0 Å². The first kappa shape index (κ1) is 19.2. The fraction of sp³-hybridized carbons (Fsp3) is 0.316. The molecule has 0 spiro atoms. The number of rotatable bonds is 3. The number of carbonyl (C=O) groups is 1. The van der Waals surface area contributed by atoms with Crippen LogP contribution >= 0.6 is 0 Å². The van der Waals surface area contributed by atoms with E-state index in [1.807, 2.05) is 0 Å². The number of hydrogen-bond donors (Lipinski definition) is 0. The van der Waals surface area contributed by atoms with E-state index in [0.717, 1.165) is 0 Å². The zero-order chi connectivity index (χ0) is 20.9. The predicted octanol–water partition coefficient (Wildman–Crippen LogP) is 3.82. The first-order valence-electron chi connectivity index (χ1n) is 8.91. The molecule has 1 amide bonds. The zero-order valence-electron chi connectivity index (χ0n) is 15.6. The lowest BCUT2D eigenvalue weighted by atomic mass is 10.2. The lowest BCUT2D eigenvalue weighted by Gasteiger charge is -2.15. The van der Waals surface area contributed by atoms with Crippen molar-refractivity contribution in [3.63, 3.8) is 0 Å². The van der Waals surface area contributed by atoms with E-state index in [4.69, 9.17) is 0 Å². The monoisotopic (exact) mass is 407 g/mol. The number of halogens is 4. The largest absolute Gasteiger partial charge is 0.435 e. The van der Waals surface area contributed by atoms with Crippen LogP contribution in [0.1, 0.15) is 29.4 Å². The fourth-order valence-corrected chi connectivity index (χ4v) is 3.51. The van der Waals surface area contributed by atoms with Crippen molar-refractivity contribution < 1.29 is 22.4 Å². The maximum absolute atomic E-state index is 13.2. The Balaban J connectivity index is 1.60. The molecule has 2 aromatic heterocycles. The van der Waals surface area contributed by atoms with Gasteiger partial charge in [-0.25, -0.2) is 9.07 Å². The Bertz CT molecular complexity index is 1070. The predicted molar refractivity (Wildman–Crippen MR) is 96.2 cm³/mol. The van der Waals surface area contributed by atoms with Crippen LogP contribution in [0.5, 0.6) is 0 Å². The molecule has 4 rings (SSSR count). The minimum Gasteiger partial charge on any atom is -0.308 e. The number of aromatic nitrogens is 4. The number of nitrogens with zero attached hydrogens (tertiary/aromatic N) is 5. The van der Waals surface area contributed by atoms with Gasteiger partial charge in [-0.05, 0) is 44.5 Å². The number of anilines is 1. The van der Waals surface area contributed by atoms with Crippen LogP contribution in [0.15, 0.2) is 36.7 Å². The highest BCUT2D eigenvalue weighted by atomic mass is 19.4. The van der Waals surface area contributed by atoms with E-state index in [0.29, 0.717) is 30.0 Å². The normalized spacial score (nSPS) is 17.4. The van der Waals surface area contributed by atoms with Crippen molar-refractivity contribution >= 4 is 11.6 Å². The molecule has 1 saturated heterocycles. The summed E-state index contributed by atoms with van der Waals surface area (Å²) < 4.78 is 55.2. The topological polar surface area (TPSA) is 56.0 Å². The molecule has 6 nitrogen and oxygen atoms in total. The second-order valence-electron chi connectivity index (χ2n) is 6.92. The molecular formula is C19H17F4N5O. The van der Waals surface area contributed by atoms with E-state index < -0.39 is 17.9 Å². The van der Waals surface area contributed by atoms with Crippen LogP contribution in [0.3, 0.4) is 0 Å². The first-order chi connectivity index (χ1) is 13.7. The van der Waals surface area contributed by atoms with Crippen molar-refractivity contribution in [1.82, 2.24) is 19.6 Å². The van der Waals surface area contributed by atoms with Crippen LogP contribution in [0, 0.1) is 19.7 Å². The third-order valence-electron chi connectivity index (χ3n) is 5.16. The van der Waals surface area contributed by atoms with Crippen LogP contribution in [0.4, 0.5) is 23.2 Å². The average Bonchev–Trinajstić information content (AvgIpc) is 3.35. The summed E-state index contributed by atoms with van der Waals surface area (Å²) in [5.74, 6) is -0.718. The quantitative estimate of drug-likeness (QED) is 0.621. The van der Waals surface area contributed by atoms with E-state index in [9.17, 15) is 22.4 Å². The highest BCUT2D eigenvalue weighted by Crippen LogP contribution is 2.35. The first-order valence-corrected chi connectivity index (χ1v) is 8.91. The van der Waals surface area contributed by atoms with E-state index in [-0.39, 0.29) is 17.3 Å². The van der Waals surface area contributed by atoms with Gasteiger partial charge in [0, 0.05) is 17.8 Å². The van der Waals surface area contributed by atoms with E-state index in [1.54, 1.807) is 18.3 Å². The number of alkyl halides is 3. The van der Waals surface area contributed by atoms with Crippen LogP contribution in [0.2, 0.25) is 0 Å². The third-order valence-corrected chi connectivity index (χ3v) is 5.16. The molecule has 29 heavy (non-hydrogen) atoms. The Kier molecular flexibility index (Phi) is 4.44. The number of carbonyl (C=O) groups excluding carboxylic acids is 1. The molecule has 152 valence electrons. The second kappa shape index (κ2) is 6.71. The number of hydrogen-bond acceptors (Lipinski definition) is 3. The van der Waals surface area contributed by atoms with Gasteiger partial charge in [-0.3, -0.25) is 9.48 Å². The Labute approximate surface area is 163 Å². The molecule has 3 aromatic rings. The third kappa shape index (κ3) is 3.28. The Morgan fingerprint density at radius 2 is 1.79 bits per heavy atom. The van der Waals surface area contributed by atoms with Gasteiger partial charge in [-0.15, -0.1) is 0 Å². The summed E-state index contributed by atoms with van der Waals surface area (Å²) in [4.78, 5) is 14.4. The lowest BCUT2D eigenvalue weighted by Crippen LogP contribution is -2.28. The minimum atomic E-state index is -4.57. The van der Waals surface area contributed by atoms with Gasteiger partial charge < -0.3 is 4.90 Å². The maximum atomic E-state index is 13.2. The summed E-state index contributed by atoms with van der Waals surface area (Å²) in [5, 5.41) is 7.88. The smallest absolute Gasteiger partial charge is 0.308 e. The standard InChI is InChI=1S/C19H17F4N5O/c1-11-12(2)28(25-17(11)19(21,22)23)16-7-8-26(18(16)29)15-9-24-27(10-15)14-5-3-13(20)4-6-14/h3-6,9-10,16H,7-8H2,1-2H3. The maximum Gasteiger partial charge on any atom is 0.435 e. The van der Waals surface area contributed by atoms with Gasteiger partial charge in [0.05, 0.1) is 23.8 Å². The molecule has 1 aliphatic heterocycles. The molecule has 0 radical (unpaired) electrons. The average molecular weight is 407 g/mol. The van der Waals surface area contributed by atoms with Crippen LogP contribution < -0.4 is 4.90 Å². The van der Waals surface area contributed by atoms with Crippen molar-refractivity contribution in [2.75, 3.05) is 11.4 Å². The second-order valence-corrected chi connectivity index (χ2v) is 6.92. The van der Waals surface area contributed by atoms with Gasteiger partial charge in [-0.2, -0.15) is 23.4 Å². The van der Waals surface area contributed by atoms with E-state index >= 15 is 0 Å². The Hall–Kier alpha value is -3.17. The van der Waals surface area contributed by atoms with Crippen LogP contribution in [0.25, 0.3) is 5.69 Å². The van der Waals surface area contributed by atoms with Crippen molar-refractivity contribution in [2.24, 2.45) is 0 Å². The highest BCUT2D eigenvalue weighted by Gasteiger charge is 2.41. The summed E-state index contributed by atoms with van der Waals surface area (Å²) in [6.07, 6.45) is -1.13. The van der Waals surface area contributed by atoms with Crippen LogP contribution in [-0.4, -0.2) is 32.0 Å². The summed E-state index contributed by atoms with van der Waals surface area (Å²) in [7, 11) is 0. The molecular weight excluding hydrogens is 390 g/mol. The summed E-state index contributed by atoms with van der Waals surface area (Å²) in [6.45, 7) is 3.21. The van der Waals surface area contributed by atoms with Crippen molar-refractivity contribution in [3.05, 3.63) is 59.4 Å². The van der Waals surface area contributed by atoms with Crippen LogP contribution in [-0.2, 0) is 11.0 Å². The minimum absolute atomic E-state index is 0.0212. The molecule has 0 saturated carbocycles. The molecule has 1 atom stereocenters. The Morgan fingerprint density at radius 3 is 2.41 bits per heavy atom. The SMILES string of the molecule is Cc1c(C(F)(F)F)nn(C2CCN(c3cnn(-c4ccc(F)cc4)c3)C2=O)c1C. The molecule has 1 aliphatic rings. The molecule has 1 aromatic carbocycles. The van der Waals surface area contributed by atoms with Gasteiger partial charge in [0.2, 0.25) is 0 Å². The van der Waals surface area contributed by atoms with Crippen molar-refractivity contribution in [3.8, 4) is 5.69 Å². The molecule has 0 N–H and O–H groups in total. The van der Waals surface area contributed by atoms with Gasteiger partial charge in [0.25, 0.3) is 5.91 Å². The van der Waals surface area contributed by atoms with Crippen molar-refractivity contribution in [2.45, 2.75) is 32.5 Å². The van der Waals surface area contributed by atoms with E-state index in [2.05, 4.69) is 10.2 Å². The molecule has 10 heteroatoms. The molecule has 1 unspecified atom stereocenters. The molecule has 0 bridgehead atoms. The molecule has 1 fully saturated rings. The lowest BCUT2D eigenvalue weighted by molar-refractivity contribution is -0.142. The Morgan fingerprint density at radius 1 is 1.10 bits per heavy atom. The van der Waals surface area contributed by atoms with Gasteiger partial charge in [0.15, 0.2) is 5.69 Å². The number of amides is 1. The van der Waals surface area contributed by atoms with E-state index in [1.165, 1.54) is 46.4 Å². The fourth-order valence-electron chi connectivity index (χ4n) is 3.51.